The van der Waals surface area contributed by atoms with Crippen LogP contribution < -0.4 is 47.9 Å². The summed E-state index contributed by atoms with van der Waals surface area (Å²) < 4.78 is 7.48. The fourth-order valence-electron chi connectivity index (χ4n) is 11.0. The number of benzene rings is 4. The summed E-state index contributed by atoms with van der Waals surface area (Å²) in [5, 5.41) is 30.3. The van der Waals surface area contributed by atoms with Gasteiger partial charge in [-0.05, 0) is 102 Å². The molecule has 90 heavy (non-hydrogen) atoms. The number of para-hydroxylation sites is 1. The number of hydrogen-bond acceptors (Lipinski definition) is 11. The van der Waals surface area contributed by atoms with Crippen LogP contribution >= 0.6 is 0 Å². The van der Waals surface area contributed by atoms with E-state index in [1.54, 1.807) is 75.3 Å². The van der Waals surface area contributed by atoms with Gasteiger partial charge in [0.1, 0.15) is 24.7 Å². The molecule has 10 N–H and O–H groups in total. The number of hydrogen-bond donors (Lipinski definition) is 9. The number of carboxylic acids is 1. The lowest BCUT2D eigenvalue weighted by Crippen LogP contribution is -2.61. The molecule has 0 bridgehead atoms. The molecule has 1 aliphatic heterocycles. The molecule has 0 fully saturated rings. The Kier molecular flexibility index (Phi) is 23.8. The zero-order chi connectivity index (χ0) is 66.4. The van der Waals surface area contributed by atoms with Gasteiger partial charge in [0.05, 0.1) is 29.8 Å². The van der Waals surface area contributed by atoms with Gasteiger partial charge >= 0.3 is 18.1 Å². The Bertz CT molecular complexity index is 3510. The summed E-state index contributed by atoms with van der Waals surface area (Å²) in [6.07, 6.45) is 6.76. The predicted molar refractivity (Wildman–Crippen MR) is 350 cm³/mol. The number of fused-ring (bicyclic) bond motifs is 3. The maximum Gasteiger partial charge on any atom is 0.411 e. The molecule has 9 amide bonds. The number of nitrogens with one attached hydrogen (secondary N) is 7. The Morgan fingerprint density at radius 1 is 0.756 bits per heavy atom. The van der Waals surface area contributed by atoms with E-state index in [1.165, 1.54) is 11.8 Å². The summed E-state index contributed by atoms with van der Waals surface area (Å²) in [5.74, 6) is -4.36. The van der Waals surface area contributed by atoms with E-state index in [-0.39, 0.29) is 62.1 Å². The first-order valence-corrected chi connectivity index (χ1v) is 30.3. The van der Waals surface area contributed by atoms with Crippen molar-refractivity contribution in [1.29, 1.82) is 0 Å². The standard InChI is InChI=1S/C68H89N11O11/c1-40(2)53(35-42(5)64(86)87)78(13)63(85)59(67(6,7)8)76-62(84)58(70-11)68(9,10)50-38-77(12)54-36-48(30-31-49(50)54)73-66(89)90-39-43-24-28-47(29-25-43)72-60(82)51(22-18-34-71-65(69)88)74-61(83)57(41(3)4)75-55(80)32-33-56(81)79-37-46-21-15-14-19-44(46)26-27-45-20-16-17-23-52(45)79/h14-17,19-21,23-31,35-36,38,40-41,51,53,57-59,70H,18,22,32-34,37,39H2,1-13H3,(H,72,82)(H,73,89)(H,74,83)(H,75,80)(H,76,84)(H,86,87)(H3,69,71,88)/b27-26-,42-35+/t51-,53+,57-,58-,59+/m0/s1. The highest BCUT2D eigenvalue weighted by atomic mass is 16.5. The van der Waals surface area contributed by atoms with E-state index in [4.69, 9.17) is 10.5 Å². The number of ether oxygens (including phenoxy) is 1. The number of amides is 9. The van der Waals surface area contributed by atoms with Crippen LogP contribution in [0.4, 0.5) is 26.7 Å². The lowest BCUT2D eigenvalue weighted by molar-refractivity contribution is -0.141. The number of aromatic nitrogens is 1. The molecule has 22 heteroatoms. The largest absolute Gasteiger partial charge is 0.478 e. The third-order valence-electron chi connectivity index (χ3n) is 16.2. The highest BCUT2D eigenvalue weighted by Crippen LogP contribution is 2.37. The smallest absolute Gasteiger partial charge is 0.411 e. The van der Waals surface area contributed by atoms with Crippen molar-refractivity contribution in [3.05, 3.63) is 137 Å². The molecule has 22 nitrogen and oxygen atoms in total. The Balaban J connectivity index is 1.05. The van der Waals surface area contributed by atoms with Crippen LogP contribution in [0.3, 0.4) is 0 Å². The van der Waals surface area contributed by atoms with Crippen molar-refractivity contribution in [2.24, 2.45) is 30.0 Å². The van der Waals surface area contributed by atoms with Crippen molar-refractivity contribution in [2.45, 2.75) is 144 Å². The number of aryl methyl sites for hydroxylation is 1. The van der Waals surface area contributed by atoms with Gasteiger partial charge in [0, 0.05) is 67.4 Å². The minimum Gasteiger partial charge on any atom is -0.478 e. The second kappa shape index (κ2) is 30.7. The van der Waals surface area contributed by atoms with Crippen LogP contribution in [0.15, 0.2) is 109 Å². The summed E-state index contributed by atoms with van der Waals surface area (Å²) in [5.41, 5.74) is 10.3. The molecule has 5 atom stereocenters. The first kappa shape index (κ1) is 69.8. The lowest BCUT2D eigenvalue weighted by atomic mass is 9.76. The normalized spacial score (nSPS) is 14.5. The van der Waals surface area contributed by atoms with Crippen LogP contribution in [0.1, 0.15) is 123 Å². The molecule has 4 aromatic carbocycles. The Morgan fingerprint density at radius 2 is 1.40 bits per heavy atom. The molecule has 6 rings (SSSR count). The number of rotatable bonds is 26. The average Bonchev–Trinajstić information content (AvgIpc) is 1.57. The van der Waals surface area contributed by atoms with E-state index in [1.807, 2.05) is 133 Å². The lowest BCUT2D eigenvalue weighted by Gasteiger charge is -2.39. The summed E-state index contributed by atoms with van der Waals surface area (Å²) in [6.45, 7) is 18.5. The molecule has 2 heterocycles. The molecular weight excluding hydrogens is 1150 g/mol. The van der Waals surface area contributed by atoms with Gasteiger partial charge in [-0.3, -0.25) is 34.1 Å². The number of carboxylic acid groups (broad SMARTS) is 1. The highest BCUT2D eigenvalue weighted by Gasteiger charge is 2.43. The number of anilines is 3. The molecule has 0 aliphatic carbocycles. The van der Waals surface area contributed by atoms with E-state index in [0.717, 1.165) is 33.2 Å². The topological polar surface area (TPSA) is 305 Å². The first-order chi connectivity index (χ1) is 42.4. The Morgan fingerprint density at radius 3 is 2.03 bits per heavy atom. The van der Waals surface area contributed by atoms with Crippen LogP contribution in [0.5, 0.6) is 0 Å². The zero-order valence-corrected chi connectivity index (χ0v) is 53.9. The fraction of sp³-hybridized carbons (Fsp3) is 0.426. The summed E-state index contributed by atoms with van der Waals surface area (Å²) in [6, 6.07) is 22.0. The molecule has 5 aromatic rings. The van der Waals surface area contributed by atoms with Gasteiger partial charge in [-0.25, -0.2) is 14.4 Å². The zero-order valence-electron chi connectivity index (χ0n) is 53.9. The van der Waals surface area contributed by atoms with E-state index < -0.39 is 88.7 Å². The quantitative estimate of drug-likeness (QED) is 0.0186. The third kappa shape index (κ3) is 18.2. The summed E-state index contributed by atoms with van der Waals surface area (Å²) in [7, 11) is 5.16. The van der Waals surface area contributed by atoms with Crippen molar-refractivity contribution in [2.75, 3.05) is 36.2 Å². The number of primary amides is 1. The second-order valence-corrected chi connectivity index (χ2v) is 25.2. The fourth-order valence-corrected chi connectivity index (χ4v) is 11.0. The molecule has 0 spiro atoms. The van der Waals surface area contributed by atoms with Crippen molar-refractivity contribution in [3.63, 3.8) is 0 Å². The molecule has 1 aliphatic rings. The number of carbonyl (C=O) groups excluding carboxylic acids is 8. The first-order valence-electron chi connectivity index (χ1n) is 30.3. The molecular formula is C68H89N11O11. The van der Waals surface area contributed by atoms with Crippen LogP contribution in [0.25, 0.3) is 23.1 Å². The van der Waals surface area contributed by atoms with Crippen LogP contribution in [0, 0.1) is 17.3 Å². The summed E-state index contributed by atoms with van der Waals surface area (Å²) >= 11 is 0. The molecule has 482 valence electrons. The van der Waals surface area contributed by atoms with Crippen LogP contribution in [0.2, 0.25) is 0 Å². The molecule has 1 aromatic heterocycles. The van der Waals surface area contributed by atoms with Crippen molar-refractivity contribution >= 4 is 93.7 Å². The molecule has 0 saturated heterocycles. The molecule has 0 saturated carbocycles. The third-order valence-corrected chi connectivity index (χ3v) is 16.2. The van der Waals surface area contributed by atoms with E-state index >= 15 is 0 Å². The van der Waals surface area contributed by atoms with Crippen molar-refractivity contribution in [3.8, 4) is 0 Å². The maximum atomic E-state index is 14.4. The Labute approximate surface area is 527 Å². The number of likely N-dealkylation sites (N-methyl/N-ethyl adjacent to an activating group) is 2. The number of aliphatic carboxylic acids is 1. The average molecular weight is 1240 g/mol. The van der Waals surface area contributed by atoms with Gasteiger partial charge in [0.15, 0.2) is 0 Å². The van der Waals surface area contributed by atoms with E-state index in [0.29, 0.717) is 29.2 Å². The van der Waals surface area contributed by atoms with Gasteiger partial charge in [0.2, 0.25) is 35.4 Å². The van der Waals surface area contributed by atoms with E-state index in [2.05, 4.69) is 37.2 Å². The SMILES string of the molecule is CN[C@@H](C(=O)N[C@H](C(=O)N(C)[C@H](/C=C(\C)C(=O)O)C(C)C)C(C)(C)C)C(C)(C)c1cn(C)c2cc(NC(=O)OCc3ccc(NC(=O)[C@H](CCCNC(N)=O)NC(=O)[C@@H](NC(=O)CCC(=O)N4Cc5ccccc5/C=C\c5ccccc54)C(C)C)cc3)ccc12. The molecule has 0 unspecified atom stereocenters. The minimum atomic E-state index is -1.11. The van der Waals surface area contributed by atoms with Gasteiger partial charge in [-0.15, -0.1) is 0 Å². The highest BCUT2D eigenvalue weighted by molar-refractivity contribution is 6.01. The van der Waals surface area contributed by atoms with Gasteiger partial charge < -0.3 is 61.8 Å². The van der Waals surface area contributed by atoms with Crippen LogP contribution in [-0.4, -0.2) is 119 Å². The monoisotopic (exact) mass is 1240 g/mol. The maximum absolute atomic E-state index is 14.4. The number of carbonyl (C=O) groups is 9. The number of nitrogens with zero attached hydrogens (tertiary/aromatic N) is 3. The summed E-state index contributed by atoms with van der Waals surface area (Å²) in [4.78, 5) is 123. The number of nitrogens with two attached hydrogens (primary N) is 1. The van der Waals surface area contributed by atoms with Crippen LogP contribution in [-0.2, 0) is 63.9 Å². The number of urea groups is 1. The van der Waals surface area contributed by atoms with Gasteiger partial charge in [-0.2, -0.15) is 0 Å². The van der Waals surface area contributed by atoms with E-state index in [9.17, 15) is 48.3 Å². The predicted octanol–water partition coefficient (Wildman–Crippen LogP) is 8.35. The van der Waals surface area contributed by atoms with Gasteiger partial charge in [0.25, 0.3) is 0 Å². The molecule has 0 radical (unpaired) electrons. The minimum absolute atomic E-state index is 0.0906. The van der Waals surface area contributed by atoms with Crippen molar-refractivity contribution < 1.29 is 53.0 Å². The second-order valence-electron chi connectivity index (χ2n) is 25.2. The van der Waals surface area contributed by atoms with Crippen molar-refractivity contribution in [1.82, 2.24) is 36.1 Å². The Hall–Kier alpha value is -9.31. The van der Waals surface area contributed by atoms with Gasteiger partial charge in [-0.1, -0.05) is 141 Å².